The number of nitro benzene ring substituents is 1. The molecule has 0 fully saturated rings. The molecule has 4 aromatic rings. The predicted molar refractivity (Wildman–Crippen MR) is 137 cm³/mol. The number of carbonyl (C=O) groups excluding carboxylic acids is 1. The molecule has 0 aliphatic carbocycles. The number of nitrogens with zero attached hydrogens (tertiary/aromatic N) is 2. The van der Waals surface area contributed by atoms with Gasteiger partial charge in [-0.3, -0.25) is 14.9 Å². The Morgan fingerprint density at radius 1 is 1.09 bits per heavy atom. The molecule has 3 aromatic carbocycles. The first-order valence-electron chi connectivity index (χ1n) is 11.6. The van der Waals surface area contributed by atoms with Gasteiger partial charge in [0.25, 0.3) is 5.69 Å². The Hall–Kier alpha value is -3.97. The van der Waals surface area contributed by atoms with Crippen LogP contribution in [0.25, 0.3) is 10.9 Å². The molecule has 1 atom stereocenters. The van der Waals surface area contributed by atoms with Gasteiger partial charge in [-0.1, -0.05) is 60.2 Å². The van der Waals surface area contributed by atoms with Crippen molar-refractivity contribution in [2.45, 2.75) is 25.8 Å². The first-order valence-corrected chi connectivity index (χ1v) is 11.6. The van der Waals surface area contributed by atoms with E-state index in [1.165, 1.54) is 6.07 Å². The molecule has 0 bridgehead atoms. The molecule has 1 aromatic heterocycles. The van der Waals surface area contributed by atoms with Crippen molar-refractivity contribution in [2.75, 3.05) is 20.3 Å². The number of hydrogen-bond donors (Lipinski definition) is 1. The highest BCUT2D eigenvalue weighted by Gasteiger charge is 2.24. The zero-order chi connectivity index (χ0) is 24.8. The zero-order valence-electron chi connectivity index (χ0n) is 19.9. The van der Waals surface area contributed by atoms with Crippen molar-refractivity contribution < 1.29 is 14.5 Å². The zero-order valence-corrected chi connectivity index (χ0v) is 19.9. The molecule has 0 saturated carbocycles. The number of fused-ring (bicyclic) bond motifs is 1. The second-order valence-corrected chi connectivity index (χ2v) is 8.67. The van der Waals surface area contributed by atoms with Crippen molar-refractivity contribution in [1.82, 2.24) is 9.88 Å². The molecule has 7 nitrogen and oxygen atoms in total. The highest BCUT2D eigenvalue weighted by atomic mass is 16.6. The summed E-state index contributed by atoms with van der Waals surface area (Å²) in [4.78, 5) is 24.1. The maximum atomic E-state index is 12.9. The van der Waals surface area contributed by atoms with Crippen LogP contribution in [0.1, 0.15) is 34.6 Å². The largest absolute Gasteiger partial charge is 0.383 e. The first-order chi connectivity index (χ1) is 17.0. The van der Waals surface area contributed by atoms with Gasteiger partial charge < -0.3 is 14.6 Å². The van der Waals surface area contributed by atoms with Gasteiger partial charge in [-0.05, 0) is 29.7 Å². The van der Waals surface area contributed by atoms with Crippen LogP contribution in [0.5, 0.6) is 0 Å². The van der Waals surface area contributed by atoms with Crippen molar-refractivity contribution in [3.63, 3.8) is 0 Å². The molecule has 7 heteroatoms. The number of nitro groups is 1. The Labute approximate surface area is 204 Å². The molecule has 0 aliphatic rings. The highest BCUT2D eigenvalue weighted by Crippen LogP contribution is 2.37. The van der Waals surface area contributed by atoms with Crippen LogP contribution < -0.4 is 5.32 Å². The summed E-state index contributed by atoms with van der Waals surface area (Å²) in [7, 11) is 1.59. The minimum Gasteiger partial charge on any atom is -0.383 e. The van der Waals surface area contributed by atoms with Crippen molar-refractivity contribution in [3.8, 4) is 0 Å². The molecular formula is C28H29N3O4. The van der Waals surface area contributed by atoms with E-state index < -0.39 is 0 Å². The molecule has 0 saturated heterocycles. The molecule has 180 valence electrons. The summed E-state index contributed by atoms with van der Waals surface area (Å²) in [5, 5.41) is 15.3. The molecule has 4 rings (SSSR count). The summed E-state index contributed by atoms with van der Waals surface area (Å²) in [6.07, 6.45) is 2.26. The van der Waals surface area contributed by atoms with Crippen LogP contribution in [0.15, 0.2) is 79.0 Å². The number of ether oxygens (including phenoxy) is 1. The van der Waals surface area contributed by atoms with Crippen LogP contribution in [0, 0.1) is 17.0 Å². The van der Waals surface area contributed by atoms with E-state index in [4.69, 9.17) is 4.74 Å². The van der Waals surface area contributed by atoms with Gasteiger partial charge in [-0.2, -0.15) is 0 Å². The molecule has 0 spiro atoms. The van der Waals surface area contributed by atoms with E-state index >= 15 is 0 Å². The third-order valence-electron chi connectivity index (χ3n) is 6.18. The van der Waals surface area contributed by atoms with Gasteiger partial charge in [0, 0.05) is 61.8 Å². The van der Waals surface area contributed by atoms with Gasteiger partial charge in [-0.15, -0.1) is 0 Å². The van der Waals surface area contributed by atoms with Crippen molar-refractivity contribution >= 4 is 22.5 Å². The summed E-state index contributed by atoms with van der Waals surface area (Å²) in [5.41, 5.74) is 5.06. The number of nitrogens with one attached hydrogen (secondary N) is 1. The predicted octanol–water partition coefficient (Wildman–Crippen LogP) is 5.19. The summed E-state index contributed by atoms with van der Waals surface area (Å²) in [6, 6.07) is 23.1. The molecule has 1 amide bonds. The second kappa shape index (κ2) is 11.0. The van der Waals surface area contributed by atoms with E-state index in [9.17, 15) is 14.9 Å². The van der Waals surface area contributed by atoms with Gasteiger partial charge in [-0.25, -0.2) is 0 Å². The number of aryl methyl sites for hydroxylation is 1. The van der Waals surface area contributed by atoms with Crippen LogP contribution in [0.2, 0.25) is 0 Å². The first kappa shape index (κ1) is 24.2. The average molecular weight is 472 g/mol. The lowest BCUT2D eigenvalue weighted by atomic mass is 9.87. The van der Waals surface area contributed by atoms with Crippen LogP contribution >= 0.6 is 0 Å². The SMILES string of the molecule is COCCNC(=O)C[C@H](c1ccc(C)cc1)c1cn(Cc2ccccc2)c2ccc([N+](=O)[O-])cc12. The molecule has 1 heterocycles. The van der Waals surface area contributed by atoms with E-state index in [0.29, 0.717) is 19.7 Å². The second-order valence-electron chi connectivity index (χ2n) is 8.67. The Bertz CT molecular complexity index is 1310. The fraction of sp³-hybridized carbons (Fsp3) is 0.250. The van der Waals surface area contributed by atoms with Crippen LogP contribution in [-0.4, -0.2) is 35.7 Å². The molecule has 0 unspecified atom stereocenters. The van der Waals surface area contributed by atoms with Gasteiger partial charge in [0.1, 0.15) is 0 Å². The minimum atomic E-state index is -0.379. The van der Waals surface area contributed by atoms with Crippen molar-refractivity contribution in [1.29, 1.82) is 0 Å². The summed E-state index contributed by atoms with van der Waals surface area (Å²) < 4.78 is 7.16. The van der Waals surface area contributed by atoms with E-state index in [0.717, 1.165) is 33.2 Å². The van der Waals surface area contributed by atoms with Crippen LogP contribution in [0.4, 0.5) is 5.69 Å². The Morgan fingerprint density at radius 2 is 1.83 bits per heavy atom. The molecule has 0 aliphatic heterocycles. The number of methoxy groups -OCH3 is 1. The third-order valence-corrected chi connectivity index (χ3v) is 6.18. The smallest absolute Gasteiger partial charge is 0.270 e. The van der Waals surface area contributed by atoms with Gasteiger partial charge in [0.05, 0.1) is 11.5 Å². The van der Waals surface area contributed by atoms with E-state index in [2.05, 4.69) is 22.0 Å². The molecule has 35 heavy (non-hydrogen) atoms. The molecule has 0 radical (unpaired) electrons. The van der Waals surface area contributed by atoms with E-state index in [-0.39, 0.29) is 28.9 Å². The van der Waals surface area contributed by atoms with Gasteiger partial charge in [0.15, 0.2) is 0 Å². The number of non-ortho nitro benzene ring substituents is 1. The van der Waals surface area contributed by atoms with E-state index in [1.807, 2.05) is 55.6 Å². The Balaban J connectivity index is 1.82. The van der Waals surface area contributed by atoms with Crippen molar-refractivity contribution in [2.24, 2.45) is 0 Å². The molecular weight excluding hydrogens is 442 g/mol. The topological polar surface area (TPSA) is 86.4 Å². The maximum Gasteiger partial charge on any atom is 0.270 e. The number of benzene rings is 3. The average Bonchev–Trinajstić information content (AvgIpc) is 3.21. The van der Waals surface area contributed by atoms with Crippen LogP contribution in [0.3, 0.4) is 0 Å². The van der Waals surface area contributed by atoms with Crippen LogP contribution in [-0.2, 0) is 16.1 Å². The monoisotopic (exact) mass is 471 g/mol. The third kappa shape index (κ3) is 5.75. The number of hydrogen-bond acceptors (Lipinski definition) is 4. The fourth-order valence-electron chi connectivity index (χ4n) is 4.37. The number of rotatable bonds is 10. The number of carbonyl (C=O) groups is 1. The lowest BCUT2D eigenvalue weighted by Gasteiger charge is -2.17. The maximum absolute atomic E-state index is 12.9. The van der Waals surface area contributed by atoms with Crippen molar-refractivity contribution in [3.05, 3.63) is 111 Å². The Morgan fingerprint density at radius 3 is 2.51 bits per heavy atom. The molecule has 1 N–H and O–H groups in total. The standard InChI is InChI=1S/C28H29N3O4/c1-20-8-10-22(11-9-20)24(17-28(32)29-14-15-35-2)26-19-30(18-21-6-4-3-5-7-21)27-13-12-23(31(33)34)16-25(26)27/h3-13,16,19,24H,14-15,17-18H2,1-2H3,(H,29,32)/t24-/m1/s1. The quantitative estimate of drug-likeness (QED) is 0.196. The number of amides is 1. The van der Waals surface area contributed by atoms with Gasteiger partial charge >= 0.3 is 0 Å². The lowest BCUT2D eigenvalue weighted by molar-refractivity contribution is -0.384. The van der Waals surface area contributed by atoms with E-state index in [1.54, 1.807) is 19.2 Å². The summed E-state index contributed by atoms with van der Waals surface area (Å²) in [5.74, 6) is -0.360. The summed E-state index contributed by atoms with van der Waals surface area (Å²) >= 11 is 0. The lowest BCUT2D eigenvalue weighted by Crippen LogP contribution is -2.28. The normalized spacial score (nSPS) is 11.9. The Kier molecular flexibility index (Phi) is 7.57. The minimum absolute atomic E-state index is 0.0309. The highest BCUT2D eigenvalue weighted by molar-refractivity contribution is 5.88. The number of aromatic nitrogens is 1. The summed E-state index contributed by atoms with van der Waals surface area (Å²) in [6.45, 7) is 3.50. The van der Waals surface area contributed by atoms with Gasteiger partial charge in [0.2, 0.25) is 5.91 Å². The fourth-order valence-corrected chi connectivity index (χ4v) is 4.37.